The Morgan fingerprint density at radius 2 is 1.18 bits per heavy atom. The van der Waals surface area contributed by atoms with E-state index < -0.39 is 11.9 Å². The molecule has 3 N–H and O–H groups in total. The molecule has 7 nitrogen and oxygen atoms in total. The third-order valence-electron chi connectivity index (χ3n) is 1.54. The number of carbonyl (C=O) groups is 2. The van der Waals surface area contributed by atoms with Crippen LogP contribution in [0.15, 0.2) is 0 Å². The molecule has 102 valence electrons. The molecular weight excluding hydrogens is 230 g/mol. The Labute approximate surface area is 101 Å². The molecule has 0 unspecified atom stereocenters. The van der Waals surface area contributed by atoms with Crippen molar-refractivity contribution in [2.45, 2.75) is 13.8 Å². The van der Waals surface area contributed by atoms with Gasteiger partial charge in [0.15, 0.2) is 0 Å². The summed E-state index contributed by atoms with van der Waals surface area (Å²) in [6.45, 7) is 4.12. The van der Waals surface area contributed by atoms with Gasteiger partial charge in [-0.05, 0) is 0 Å². The summed E-state index contributed by atoms with van der Waals surface area (Å²) in [5.41, 5.74) is 0. The van der Waals surface area contributed by atoms with Gasteiger partial charge in [0, 0.05) is 33.5 Å². The first kappa shape index (κ1) is 18.3. The molecule has 0 aromatic carbocycles. The number of carbonyl (C=O) groups excluding carboxylic acids is 2. The zero-order valence-electron chi connectivity index (χ0n) is 10.3. The van der Waals surface area contributed by atoms with Crippen LogP contribution in [0.2, 0.25) is 0 Å². The van der Waals surface area contributed by atoms with Crippen molar-refractivity contribution < 1.29 is 29.6 Å². The molecule has 17 heavy (non-hydrogen) atoms. The van der Waals surface area contributed by atoms with E-state index in [-0.39, 0.29) is 19.8 Å². The smallest absolute Gasteiger partial charge is 0.310 e. The van der Waals surface area contributed by atoms with Gasteiger partial charge in [0.2, 0.25) is 0 Å². The predicted molar refractivity (Wildman–Crippen MR) is 60.1 cm³/mol. The molecule has 0 heterocycles. The highest BCUT2D eigenvalue weighted by molar-refractivity contribution is 5.82. The molecule has 0 bridgehead atoms. The maximum atomic E-state index is 9.81. The van der Waals surface area contributed by atoms with Gasteiger partial charge in [0.1, 0.15) is 0 Å². The van der Waals surface area contributed by atoms with E-state index in [2.05, 4.69) is 4.74 Å². The van der Waals surface area contributed by atoms with Crippen molar-refractivity contribution in [3.8, 4) is 0 Å². The molecule has 0 saturated heterocycles. The highest BCUT2D eigenvalue weighted by Gasteiger charge is 2.00. The number of ether oxygens (including phenoxy) is 1. The first-order valence-corrected chi connectivity index (χ1v) is 5.21. The zero-order valence-corrected chi connectivity index (χ0v) is 10.3. The van der Waals surface area contributed by atoms with Crippen molar-refractivity contribution in [2.24, 2.45) is 0 Å². The van der Waals surface area contributed by atoms with Crippen molar-refractivity contribution in [3.63, 3.8) is 0 Å². The molecule has 0 aliphatic heterocycles. The molecule has 0 radical (unpaired) electrons. The Kier molecular flexibility index (Phi) is 14.1. The van der Waals surface area contributed by atoms with Crippen LogP contribution in [0.5, 0.6) is 0 Å². The largest absolute Gasteiger partial charge is 0.395 e. The van der Waals surface area contributed by atoms with Gasteiger partial charge in [0.25, 0.3) is 0 Å². The number of hydrogen-bond donors (Lipinski definition) is 3. The minimum Gasteiger partial charge on any atom is -0.395 e. The van der Waals surface area contributed by atoms with Crippen LogP contribution in [0.4, 0.5) is 0 Å². The topological polar surface area (TPSA) is 107 Å². The number of rotatable bonds is 6. The van der Waals surface area contributed by atoms with Crippen LogP contribution in [0.3, 0.4) is 0 Å². The second-order valence-corrected chi connectivity index (χ2v) is 3.10. The van der Waals surface area contributed by atoms with Crippen molar-refractivity contribution in [1.29, 1.82) is 0 Å². The van der Waals surface area contributed by atoms with E-state index in [1.165, 1.54) is 13.8 Å². The van der Waals surface area contributed by atoms with Crippen LogP contribution in [-0.4, -0.2) is 71.6 Å². The Bertz CT molecular complexity index is 183. The summed E-state index contributed by atoms with van der Waals surface area (Å²) in [6, 6.07) is 0. The van der Waals surface area contributed by atoms with Crippen LogP contribution in [0, 0.1) is 0 Å². The van der Waals surface area contributed by atoms with E-state index in [4.69, 9.17) is 15.3 Å². The predicted octanol–water partition coefficient (Wildman–Crippen LogP) is -1.64. The monoisotopic (exact) mass is 251 g/mol. The first-order valence-electron chi connectivity index (χ1n) is 5.21. The average Bonchev–Trinajstić information content (AvgIpc) is 2.17. The lowest BCUT2D eigenvalue weighted by Gasteiger charge is -2.17. The van der Waals surface area contributed by atoms with Gasteiger partial charge in [-0.15, -0.1) is 0 Å². The average molecular weight is 251 g/mol. The number of aliphatic hydroxyl groups excluding tert-OH is 3. The molecule has 0 saturated carbocycles. The molecule has 0 aliphatic rings. The van der Waals surface area contributed by atoms with Crippen LogP contribution >= 0.6 is 0 Å². The van der Waals surface area contributed by atoms with Gasteiger partial charge in [-0.2, -0.15) is 0 Å². The lowest BCUT2D eigenvalue weighted by Crippen LogP contribution is -2.32. The van der Waals surface area contributed by atoms with Crippen LogP contribution in [0.25, 0.3) is 0 Å². The van der Waals surface area contributed by atoms with Crippen molar-refractivity contribution in [3.05, 3.63) is 0 Å². The van der Waals surface area contributed by atoms with Crippen LogP contribution in [0.1, 0.15) is 13.8 Å². The standard InChI is InChI=1S/C6H15NO3.C4H6O3/c8-4-1-7(2-5-9)3-6-10;1-3(5)7-4(2)6/h8-10H,1-6H2;1-2H3. The van der Waals surface area contributed by atoms with Gasteiger partial charge in [0.05, 0.1) is 19.8 Å². The van der Waals surface area contributed by atoms with Gasteiger partial charge in [-0.3, -0.25) is 14.5 Å². The van der Waals surface area contributed by atoms with Gasteiger partial charge in [-0.25, -0.2) is 0 Å². The molecule has 0 rings (SSSR count). The maximum absolute atomic E-state index is 9.81. The number of nitrogens with zero attached hydrogens (tertiary/aromatic N) is 1. The van der Waals surface area contributed by atoms with E-state index in [1.807, 2.05) is 0 Å². The lowest BCUT2D eigenvalue weighted by atomic mass is 10.4. The summed E-state index contributed by atoms with van der Waals surface area (Å²) in [5.74, 6) is -1.12. The Balaban J connectivity index is 0. The number of aliphatic hydroxyl groups is 3. The minimum absolute atomic E-state index is 0.0694. The summed E-state index contributed by atoms with van der Waals surface area (Å²) < 4.78 is 3.97. The van der Waals surface area contributed by atoms with E-state index in [0.717, 1.165) is 0 Å². The third kappa shape index (κ3) is 17.6. The molecule has 0 fully saturated rings. The Hall–Kier alpha value is -1.02. The zero-order chi connectivity index (χ0) is 13.7. The van der Waals surface area contributed by atoms with Crippen molar-refractivity contribution in [2.75, 3.05) is 39.5 Å². The SMILES string of the molecule is CC(=O)OC(C)=O.OCCN(CCO)CCO. The van der Waals surface area contributed by atoms with Crippen molar-refractivity contribution >= 4 is 11.9 Å². The fourth-order valence-corrected chi connectivity index (χ4v) is 0.962. The fraction of sp³-hybridized carbons (Fsp3) is 0.800. The van der Waals surface area contributed by atoms with E-state index in [0.29, 0.717) is 19.6 Å². The van der Waals surface area contributed by atoms with Crippen LogP contribution < -0.4 is 0 Å². The quantitative estimate of drug-likeness (QED) is 0.384. The second-order valence-electron chi connectivity index (χ2n) is 3.10. The van der Waals surface area contributed by atoms with E-state index in [1.54, 1.807) is 4.90 Å². The Morgan fingerprint density at radius 1 is 0.882 bits per heavy atom. The normalized spacial score (nSPS) is 9.53. The first-order chi connectivity index (χ1) is 7.97. The molecular formula is C10H21NO6. The molecule has 0 spiro atoms. The molecule has 0 aromatic rings. The number of esters is 2. The molecule has 7 heteroatoms. The minimum atomic E-state index is -0.562. The third-order valence-corrected chi connectivity index (χ3v) is 1.54. The van der Waals surface area contributed by atoms with Gasteiger partial charge in [-0.1, -0.05) is 0 Å². The molecule has 0 aromatic heterocycles. The molecule has 0 atom stereocenters. The van der Waals surface area contributed by atoms with Crippen LogP contribution in [-0.2, 0) is 14.3 Å². The Morgan fingerprint density at radius 3 is 1.29 bits per heavy atom. The highest BCUT2D eigenvalue weighted by atomic mass is 16.6. The summed E-state index contributed by atoms with van der Waals surface area (Å²) >= 11 is 0. The molecule has 0 amide bonds. The molecule has 0 aliphatic carbocycles. The van der Waals surface area contributed by atoms with E-state index in [9.17, 15) is 9.59 Å². The van der Waals surface area contributed by atoms with Gasteiger partial charge < -0.3 is 20.1 Å². The summed E-state index contributed by atoms with van der Waals surface area (Å²) in [7, 11) is 0. The highest BCUT2D eigenvalue weighted by Crippen LogP contribution is 1.84. The maximum Gasteiger partial charge on any atom is 0.310 e. The van der Waals surface area contributed by atoms with Crippen molar-refractivity contribution in [1.82, 2.24) is 4.90 Å². The second kappa shape index (κ2) is 13.0. The summed E-state index contributed by atoms with van der Waals surface area (Å²) in [4.78, 5) is 21.4. The van der Waals surface area contributed by atoms with E-state index >= 15 is 0 Å². The lowest BCUT2D eigenvalue weighted by molar-refractivity contribution is -0.156. The number of hydrogen-bond acceptors (Lipinski definition) is 7. The summed E-state index contributed by atoms with van der Waals surface area (Å²) in [6.07, 6.45) is 0. The fourth-order valence-electron chi connectivity index (χ4n) is 0.962. The van der Waals surface area contributed by atoms with Gasteiger partial charge >= 0.3 is 11.9 Å². The summed E-state index contributed by atoms with van der Waals surface area (Å²) in [5, 5.41) is 25.5.